The maximum atomic E-state index is 9.54. The number of imidazole rings is 1. The highest BCUT2D eigenvalue weighted by Gasteiger charge is 2.07. The monoisotopic (exact) mass is 190 g/mol. The summed E-state index contributed by atoms with van der Waals surface area (Å²) >= 11 is 0. The summed E-state index contributed by atoms with van der Waals surface area (Å²) in [6.45, 7) is 6.47. The van der Waals surface area contributed by atoms with E-state index in [9.17, 15) is 5.11 Å². The van der Waals surface area contributed by atoms with Crippen molar-refractivity contribution in [1.82, 2.24) is 9.55 Å². The molecule has 0 saturated heterocycles. The van der Waals surface area contributed by atoms with E-state index in [-0.39, 0.29) is 0 Å². The molecule has 2 rings (SSSR count). The number of fused-ring (bicyclic) bond motifs is 1. The first kappa shape index (κ1) is 9.06. The van der Waals surface area contributed by atoms with Gasteiger partial charge in [0.1, 0.15) is 16.6 Å². The van der Waals surface area contributed by atoms with Crippen molar-refractivity contribution in [1.29, 1.82) is 0 Å². The summed E-state index contributed by atoms with van der Waals surface area (Å²) < 4.78 is 2.03. The predicted octanol–water partition coefficient (Wildman–Crippen LogP) is 0.618. The molecule has 74 valence electrons. The van der Waals surface area contributed by atoms with Crippen LogP contribution in [0, 0.1) is 6.92 Å². The molecule has 0 amide bonds. The number of nitrogens with zero attached hydrogens (tertiary/aromatic N) is 2. The van der Waals surface area contributed by atoms with Gasteiger partial charge in [0.2, 0.25) is 0 Å². The van der Waals surface area contributed by atoms with Crippen LogP contribution in [0.4, 0.5) is 0 Å². The number of hydrogen-bond acceptors (Lipinski definition) is 2. The molecule has 1 aromatic rings. The summed E-state index contributed by atoms with van der Waals surface area (Å²) in [5, 5.41) is 10.4. The molecule has 0 fully saturated rings. The Morgan fingerprint density at radius 3 is 2.86 bits per heavy atom. The van der Waals surface area contributed by atoms with E-state index in [4.69, 9.17) is 0 Å². The average Bonchev–Trinajstić information content (AvgIpc) is 2.39. The van der Waals surface area contributed by atoms with Gasteiger partial charge in [0.15, 0.2) is 0 Å². The Labute approximate surface area is 82.7 Å². The fourth-order valence-corrected chi connectivity index (χ4v) is 1.84. The van der Waals surface area contributed by atoms with Gasteiger partial charge >= 0.3 is 0 Å². The molecule has 2 heterocycles. The van der Waals surface area contributed by atoms with E-state index >= 15 is 0 Å². The molecule has 0 aromatic carbocycles. The van der Waals surface area contributed by atoms with Crippen LogP contribution in [0.25, 0.3) is 11.8 Å². The Hall–Kier alpha value is -1.51. The van der Waals surface area contributed by atoms with Gasteiger partial charge in [-0.15, -0.1) is 0 Å². The molecule has 0 bridgehead atoms. The van der Waals surface area contributed by atoms with Crippen LogP contribution in [0.15, 0.2) is 11.6 Å². The zero-order valence-corrected chi connectivity index (χ0v) is 8.70. The van der Waals surface area contributed by atoms with Gasteiger partial charge in [-0.1, -0.05) is 6.08 Å². The first-order chi connectivity index (χ1) is 6.59. The molecule has 1 aliphatic rings. The zero-order valence-electron chi connectivity index (χ0n) is 8.70. The van der Waals surface area contributed by atoms with Crippen LogP contribution in [0.1, 0.15) is 19.5 Å². The summed E-state index contributed by atoms with van der Waals surface area (Å²) in [6.07, 6.45) is 4.16. The Balaban J connectivity index is 2.84. The lowest BCUT2D eigenvalue weighted by molar-refractivity contribution is 0.491. The molecule has 1 aromatic heterocycles. The van der Waals surface area contributed by atoms with Gasteiger partial charge < -0.3 is 9.67 Å². The van der Waals surface area contributed by atoms with E-state index in [1.165, 1.54) is 5.57 Å². The molecule has 0 atom stereocenters. The minimum atomic E-state index is 0.336. The van der Waals surface area contributed by atoms with Crippen molar-refractivity contribution in [2.75, 3.05) is 0 Å². The fraction of sp³-hybridized carbons (Fsp3) is 0.364. The lowest BCUT2D eigenvalue weighted by Gasteiger charge is -2.06. The van der Waals surface area contributed by atoms with Crippen molar-refractivity contribution < 1.29 is 5.11 Å². The minimum absolute atomic E-state index is 0.336. The van der Waals surface area contributed by atoms with Crippen molar-refractivity contribution in [2.45, 2.75) is 27.3 Å². The van der Waals surface area contributed by atoms with Crippen LogP contribution >= 0.6 is 0 Å². The predicted molar refractivity (Wildman–Crippen MR) is 56.1 cm³/mol. The minimum Gasteiger partial charge on any atom is -0.510 e. The number of aryl methyl sites for hydroxylation is 1. The van der Waals surface area contributed by atoms with Crippen molar-refractivity contribution in [3.05, 3.63) is 28.2 Å². The standard InChI is InChI=1S/C11H14N2O/c1-7-4-5-13-10(6-7)12-8(2)11(13)9(3)14/h4,6,14H,5H2,1-3H3. The number of aliphatic hydroxyl groups is 1. The van der Waals surface area contributed by atoms with Crippen LogP contribution in [-0.4, -0.2) is 14.7 Å². The second kappa shape index (κ2) is 3.01. The molecule has 0 radical (unpaired) electrons. The highest BCUT2D eigenvalue weighted by molar-refractivity contribution is 5.45. The largest absolute Gasteiger partial charge is 0.510 e. The molecule has 3 heteroatoms. The van der Waals surface area contributed by atoms with Crippen LogP contribution in [0.3, 0.4) is 0 Å². The molecule has 0 unspecified atom stereocenters. The zero-order chi connectivity index (χ0) is 10.3. The summed E-state index contributed by atoms with van der Waals surface area (Å²) in [6, 6.07) is 0. The van der Waals surface area contributed by atoms with E-state index in [0.717, 1.165) is 23.1 Å². The summed E-state index contributed by atoms with van der Waals surface area (Å²) in [4.78, 5) is 4.41. The summed E-state index contributed by atoms with van der Waals surface area (Å²) in [5.74, 6) is 0.336. The molecule has 14 heavy (non-hydrogen) atoms. The third-order valence-electron chi connectivity index (χ3n) is 2.47. The molecular formula is C11H14N2O. The molecule has 3 nitrogen and oxygen atoms in total. The third-order valence-corrected chi connectivity index (χ3v) is 2.47. The van der Waals surface area contributed by atoms with Gasteiger partial charge in [0.25, 0.3) is 0 Å². The number of aliphatic hydroxyl groups excluding tert-OH is 1. The molecule has 1 N–H and O–H groups in total. The first-order valence-electron chi connectivity index (χ1n) is 4.71. The van der Waals surface area contributed by atoms with E-state index in [2.05, 4.69) is 18.0 Å². The van der Waals surface area contributed by atoms with Crippen LogP contribution in [0.2, 0.25) is 0 Å². The van der Waals surface area contributed by atoms with E-state index in [1.807, 2.05) is 17.6 Å². The van der Waals surface area contributed by atoms with Crippen molar-refractivity contribution in [2.24, 2.45) is 0 Å². The Morgan fingerprint density at radius 2 is 2.21 bits per heavy atom. The van der Waals surface area contributed by atoms with E-state index < -0.39 is 0 Å². The van der Waals surface area contributed by atoms with Crippen LogP contribution in [-0.2, 0) is 6.54 Å². The topological polar surface area (TPSA) is 38.0 Å². The third kappa shape index (κ3) is 1.25. The van der Waals surface area contributed by atoms with Crippen LogP contribution < -0.4 is 10.8 Å². The van der Waals surface area contributed by atoms with Crippen molar-refractivity contribution >= 4 is 11.8 Å². The number of aromatic nitrogens is 2. The molecule has 0 aliphatic carbocycles. The normalized spacial score (nSPS) is 16.9. The van der Waals surface area contributed by atoms with Gasteiger partial charge in [-0.25, -0.2) is 4.98 Å². The Morgan fingerprint density at radius 1 is 1.50 bits per heavy atom. The Bertz CT molecular complexity index is 516. The lowest BCUT2D eigenvalue weighted by Crippen LogP contribution is -2.30. The lowest BCUT2D eigenvalue weighted by atomic mass is 10.2. The van der Waals surface area contributed by atoms with Gasteiger partial charge in [0, 0.05) is 6.54 Å². The second-order valence-corrected chi connectivity index (χ2v) is 3.69. The number of rotatable bonds is 0. The van der Waals surface area contributed by atoms with Crippen molar-refractivity contribution in [3.8, 4) is 0 Å². The highest BCUT2D eigenvalue weighted by Crippen LogP contribution is 1.99. The van der Waals surface area contributed by atoms with Crippen molar-refractivity contribution in [3.63, 3.8) is 0 Å². The Kier molecular flexibility index (Phi) is 1.95. The van der Waals surface area contributed by atoms with Gasteiger partial charge in [-0.05, 0) is 32.4 Å². The molecule has 1 aliphatic heterocycles. The fourth-order valence-electron chi connectivity index (χ4n) is 1.84. The average molecular weight is 190 g/mol. The quantitative estimate of drug-likeness (QED) is 0.651. The van der Waals surface area contributed by atoms with E-state index in [0.29, 0.717) is 5.76 Å². The summed E-state index contributed by atoms with van der Waals surface area (Å²) in [7, 11) is 0. The van der Waals surface area contributed by atoms with Gasteiger partial charge in [0.05, 0.1) is 5.69 Å². The number of hydrogen-bond donors (Lipinski definition) is 1. The summed E-state index contributed by atoms with van der Waals surface area (Å²) in [5.41, 5.74) is 3.05. The highest BCUT2D eigenvalue weighted by atomic mass is 16.3. The molecule has 0 saturated carbocycles. The molecular weight excluding hydrogens is 176 g/mol. The van der Waals surface area contributed by atoms with Crippen LogP contribution in [0.5, 0.6) is 0 Å². The van der Waals surface area contributed by atoms with E-state index in [1.54, 1.807) is 6.92 Å². The smallest absolute Gasteiger partial charge is 0.134 e. The maximum Gasteiger partial charge on any atom is 0.134 e. The maximum absolute atomic E-state index is 9.54. The first-order valence-corrected chi connectivity index (χ1v) is 4.71. The SMILES string of the molecule is CC1=CCn2c(nc(C)c2=C(C)O)=C1. The van der Waals surface area contributed by atoms with Gasteiger partial charge in [-0.2, -0.15) is 0 Å². The second-order valence-electron chi connectivity index (χ2n) is 3.69. The van der Waals surface area contributed by atoms with Gasteiger partial charge in [-0.3, -0.25) is 0 Å². The molecule has 0 spiro atoms. The number of allylic oxidation sites excluding steroid dienone is 2.